The van der Waals surface area contributed by atoms with Crippen molar-refractivity contribution in [1.29, 1.82) is 0 Å². The Morgan fingerprint density at radius 3 is 2.30 bits per heavy atom. The van der Waals surface area contributed by atoms with E-state index in [1.54, 1.807) is 7.05 Å². The van der Waals surface area contributed by atoms with Gasteiger partial charge in [-0.1, -0.05) is 12.1 Å². The van der Waals surface area contributed by atoms with E-state index in [1.807, 2.05) is 45.9 Å². The summed E-state index contributed by atoms with van der Waals surface area (Å²) in [5, 5.41) is 0. The van der Waals surface area contributed by atoms with E-state index in [4.69, 9.17) is 13.7 Å². The summed E-state index contributed by atoms with van der Waals surface area (Å²) >= 11 is 0. The molecule has 0 atom stereocenters. The molecule has 0 spiro atoms. The first-order chi connectivity index (χ1) is 9.23. The number of oxazole rings is 1. The maximum absolute atomic E-state index is 11.7. The maximum atomic E-state index is 11.7. The van der Waals surface area contributed by atoms with Gasteiger partial charge in [0, 0.05) is 12.5 Å². The molecule has 0 bridgehead atoms. The molecule has 0 N–H and O–H groups in total. The van der Waals surface area contributed by atoms with Crippen LogP contribution in [0.15, 0.2) is 27.4 Å². The van der Waals surface area contributed by atoms with Gasteiger partial charge in [0.05, 0.1) is 16.7 Å². The second-order valence-electron chi connectivity index (χ2n) is 6.21. The zero-order valence-electron chi connectivity index (χ0n) is 12.4. The molecule has 2 heterocycles. The Morgan fingerprint density at radius 2 is 1.70 bits per heavy atom. The van der Waals surface area contributed by atoms with Crippen LogP contribution in [-0.2, 0) is 16.4 Å². The van der Waals surface area contributed by atoms with Crippen LogP contribution in [0.4, 0.5) is 0 Å². The minimum atomic E-state index is -0.533. The highest BCUT2D eigenvalue weighted by molar-refractivity contribution is 6.64. The van der Waals surface area contributed by atoms with Gasteiger partial charge in [-0.3, -0.25) is 4.57 Å². The predicted molar refractivity (Wildman–Crippen MR) is 77.2 cm³/mol. The van der Waals surface area contributed by atoms with E-state index in [2.05, 4.69) is 0 Å². The SMILES string of the molecule is Cn1c(=O)oc2c(B3OC(C)(C)C(C)(C)O3)cccc21. The second kappa shape index (κ2) is 3.99. The van der Waals surface area contributed by atoms with Crippen LogP contribution in [0.25, 0.3) is 11.1 Å². The average molecular weight is 275 g/mol. The normalized spacial score (nSPS) is 20.8. The average Bonchev–Trinajstić information content (AvgIpc) is 2.74. The van der Waals surface area contributed by atoms with Crippen LogP contribution in [0.2, 0.25) is 0 Å². The Hall–Kier alpha value is -1.53. The van der Waals surface area contributed by atoms with Gasteiger partial charge in [0.15, 0.2) is 5.58 Å². The molecule has 106 valence electrons. The first kappa shape index (κ1) is 13.5. The minimum Gasteiger partial charge on any atom is -0.408 e. The number of nitrogens with zero attached hydrogens (tertiary/aromatic N) is 1. The summed E-state index contributed by atoms with van der Waals surface area (Å²) < 4.78 is 18.8. The van der Waals surface area contributed by atoms with Crippen molar-refractivity contribution in [2.75, 3.05) is 0 Å². The lowest BCUT2D eigenvalue weighted by Gasteiger charge is -2.32. The van der Waals surface area contributed by atoms with Crippen molar-refractivity contribution >= 4 is 23.7 Å². The van der Waals surface area contributed by atoms with E-state index in [-0.39, 0.29) is 5.76 Å². The van der Waals surface area contributed by atoms with Crippen LogP contribution in [0.5, 0.6) is 0 Å². The van der Waals surface area contributed by atoms with Gasteiger partial charge in [-0.05, 0) is 33.8 Å². The highest BCUT2D eigenvalue weighted by atomic mass is 16.7. The molecule has 6 heteroatoms. The monoisotopic (exact) mass is 275 g/mol. The van der Waals surface area contributed by atoms with Gasteiger partial charge in [0.25, 0.3) is 0 Å². The first-order valence-corrected chi connectivity index (χ1v) is 6.67. The van der Waals surface area contributed by atoms with Crippen molar-refractivity contribution in [3.63, 3.8) is 0 Å². The third kappa shape index (κ3) is 1.75. The number of hydrogen-bond acceptors (Lipinski definition) is 4. The van der Waals surface area contributed by atoms with Gasteiger partial charge in [-0.25, -0.2) is 4.79 Å². The van der Waals surface area contributed by atoms with Crippen molar-refractivity contribution in [1.82, 2.24) is 4.57 Å². The molecule has 0 unspecified atom stereocenters. The molecule has 0 aliphatic carbocycles. The summed E-state index contributed by atoms with van der Waals surface area (Å²) in [4.78, 5) is 11.7. The molecule has 0 radical (unpaired) electrons. The molecule has 1 aromatic heterocycles. The Balaban J connectivity index is 2.13. The molecule has 2 aromatic rings. The number of aryl methyl sites for hydroxylation is 1. The lowest BCUT2D eigenvalue weighted by molar-refractivity contribution is 0.00578. The zero-order valence-corrected chi connectivity index (χ0v) is 12.4. The number of hydrogen-bond donors (Lipinski definition) is 0. The molecule has 1 aliphatic rings. The molecular weight excluding hydrogens is 257 g/mol. The topological polar surface area (TPSA) is 53.6 Å². The van der Waals surface area contributed by atoms with E-state index in [0.717, 1.165) is 11.0 Å². The second-order valence-corrected chi connectivity index (χ2v) is 6.21. The van der Waals surface area contributed by atoms with Gasteiger partial charge in [0.2, 0.25) is 0 Å². The van der Waals surface area contributed by atoms with E-state index in [0.29, 0.717) is 5.58 Å². The lowest BCUT2D eigenvalue weighted by Crippen LogP contribution is -2.41. The van der Waals surface area contributed by atoms with Gasteiger partial charge < -0.3 is 13.7 Å². The fraction of sp³-hybridized carbons (Fsp3) is 0.500. The van der Waals surface area contributed by atoms with Crippen LogP contribution < -0.4 is 11.2 Å². The summed E-state index contributed by atoms with van der Waals surface area (Å²) in [6.07, 6.45) is 0. The molecule has 1 aromatic carbocycles. The van der Waals surface area contributed by atoms with Gasteiger partial charge in [-0.15, -0.1) is 0 Å². The van der Waals surface area contributed by atoms with E-state index < -0.39 is 18.3 Å². The van der Waals surface area contributed by atoms with E-state index in [1.165, 1.54) is 4.57 Å². The van der Waals surface area contributed by atoms with E-state index >= 15 is 0 Å². The molecule has 1 saturated heterocycles. The Labute approximate surface area is 117 Å². The first-order valence-electron chi connectivity index (χ1n) is 6.67. The van der Waals surface area contributed by atoms with E-state index in [9.17, 15) is 4.79 Å². The van der Waals surface area contributed by atoms with Gasteiger partial charge in [0.1, 0.15) is 0 Å². The smallest absolute Gasteiger partial charge is 0.408 e. The predicted octanol–water partition coefficient (Wildman–Crippen LogP) is 1.43. The number of fused-ring (bicyclic) bond motifs is 1. The maximum Gasteiger partial charge on any atom is 0.498 e. The number of rotatable bonds is 1. The van der Waals surface area contributed by atoms with Crippen LogP contribution >= 0.6 is 0 Å². The number of para-hydroxylation sites is 1. The summed E-state index contributed by atoms with van der Waals surface area (Å²) in [5.74, 6) is -0.385. The third-order valence-electron chi connectivity index (χ3n) is 4.36. The highest BCUT2D eigenvalue weighted by Gasteiger charge is 2.52. The Morgan fingerprint density at radius 1 is 1.10 bits per heavy atom. The number of aromatic nitrogens is 1. The van der Waals surface area contributed by atoms with Crippen molar-refractivity contribution in [2.24, 2.45) is 7.05 Å². The minimum absolute atomic E-state index is 0.385. The summed E-state index contributed by atoms with van der Waals surface area (Å²) in [7, 11) is 1.15. The molecule has 0 amide bonds. The zero-order chi connectivity index (χ0) is 14.7. The fourth-order valence-corrected chi connectivity index (χ4v) is 2.33. The quantitative estimate of drug-likeness (QED) is 0.739. The van der Waals surface area contributed by atoms with Crippen molar-refractivity contribution in [3.05, 3.63) is 28.7 Å². The lowest BCUT2D eigenvalue weighted by atomic mass is 9.78. The molecule has 1 fully saturated rings. The highest BCUT2D eigenvalue weighted by Crippen LogP contribution is 2.36. The van der Waals surface area contributed by atoms with Crippen LogP contribution in [-0.4, -0.2) is 22.9 Å². The van der Waals surface area contributed by atoms with Crippen LogP contribution in [0.1, 0.15) is 27.7 Å². The van der Waals surface area contributed by atoms with Crippen molar-refractivity contribution in [3.8, 4) is 0 Å². The molecule has 0 saturated carbocycles. The van der Waals surface area contributed by atoms with Crippen molar-refractivity contribution < 1.29 is 13.7 Å². The molecular formula is C14H18BNO4. The van der Waals surface area contributed by atoms with Crippen LogP contribution in [0, 0.1) is 0 Å². The number of benzene rings is 1. The largest absolute Gasteiger partial charge is 0.498 e. The van der Waals surface area contributed by atoms with Gasteiger partial charge >= 0.3 is 12.9 Å². The van der Waals surface area contributed by atoms with Crippen LogP contribution in [0.3, 0.4) is 0 Å². The molecule has 5 nitrogen and oxygen atoms in total. The standard InChI is InChI=1S/C14H18BNO4/c1-13(2)14(3,4)20-15(19-13)9-7-6-8-10-11(9)18-12(17)16(10)5/h6-8H,1-5H3. The Bertz CT molecular complexity index is 712. The summed E-state index contributed by atoms with van der Waals surface area (Å²) in [5.41, 5.74) is 1.17. The third-order valence-corrected chi connectivity index (χ3v) is 4.36. The fourth-order valence-electron chi connectivity index (χ4n) is 2.33. The van der Waals surface area contributed by atoms with Crippen molar-refractivity contribution in [2.45, 2.75) is 38.9 Å². The molecule has 20 heavy (non-hydrogen) atoms. The summed E-state index contributed by atoms with van der Waals surface area (Å²) in [6, 6.07) is 5.58. The molecule has 1 aliphatic heterocycles. The Kier molecular flexibility index (Phi) is 2.69. The molecule has 3 rings (SSSR count). The summed E-state index contributed by atoms with van der Waals surface area (Å²) in [6.45, 7) is 7.98. The van der Waals surface area contributed by atoms with Gasteiger partial charge in [-0.2, -0.15) is 0 Å².